The number of barbiturate groups is 1. The highest BCUT2D eigenvalue weighted by Crippen LogP contribution is 2.36. The van der Waals surface area contributed by atoms with Crippen LogP contribution in [0.2, 0.25) is 0 Å². The first-order valence-corrected chi connectivity index (χ1v) is 12.0. The monoisotopic (exact) mass is 613 g/mol. The summed E-state index contributed by atoms with van der Waals surface area (Å²) < 4.78 is 12.0. The van der Waals surface area contributed by atoms with E-state index in [2.05, 4.69) is 5.32 Å². The number of aryl methyl sites for hydroxylation is 1. The normalized spacial score (nSPS) is 14.5. The van der Waals surface area contributed by atoms with E-state index in [4.69, 9.17) is 9.47 Å². The van der Waals surface area contributed by atoms with E-state index in [1.165, 1.54) is 25.3 Å². The highest BCUT2D eigenvalue weighted by molar-refractivity contribution is 14.1. The van der Waals surface area contributed by atoms with Gasteiger partial charge in [0.15, 0.2) is 11.5 Å². The summed E-state index contributed by atoms with van der Waals surface area (Å²) in [4.78, 5) is 49.6. The van der Waals surface area contributed by atoms with Crippen LogP contribution in [0.3, 0.4) is 0 Å². The predicted octanol–water partition coefficient (Wildman–Crippen LogP) is 4.76. The molecule has 1 heterocycles. The molecule has 11 heteroatoms. The second kappa shape index (κ2) is 10.8. The molecule has 3 aromatic rings. The number of halogens is 1. The minimum atomic E-state index is -0.816. The quantitative estimate of drug-likeness (QED) is 0.134. The highest BCUT2D eigenvalue weighted by atomic mass is 127. The molecule has 0 atom stereocenters. The van der Waals surface area contributed by atoms with Gasteiger partial charge in [0.2, 0.25) is 0 Å². The molecule has 1 saturated heterocycles. The average molecular weight is 613 g/mol. The van der Waals surface area contributed by atoms with Gasteiger partial charge in [-0.2, -0.15) is 0 Å². The standard InChI is InChI=1S/C26H20IN3O7/c1-15-5-3-4-6-21(15)29-25(32)19(24(31)28-26(29)33)11-17-12-20(27)23(22(13-17)36-2)37-14-16-7-9-18(10-8-16)30(34)35/h3-13H,14H2,1-2H3,(H,28,31,33)/b19-11+. The number of imide groups is 2. The van der Waals surface area contributed by atoms with E-state index in [9.17, 15) is 24.5 Å². The molecule has 4 rings (SSSR count). The Balaban J connectivity index is 1.62. The number of para-hydroxylation sites is 1. The number of anilines is 1. The van der Waals surface area contributed by atoms with Crippen molar-refractivity contribution < 1.29 is 28.8 Å². The van der Waals surface area contributed by atoms with Gasteiger partial charge in [-0.05, 0) is 82.6 Å². The number of nitro benzene ring substituents is 1. The highest BCUT2D eigenvalue weighted by Gasteiger charge is 2.37. The van der Waals surface area contributed by atoms with E-state index >= 15 is 0 Å². The Morgan fingerprint density at radius 3 is 2.43 bits per heavy atom. The Morgan fingerprint density at radius 1 is 1.08 bits per heavy atom. The lowest BCUT2D eigenvalue weighted by atomic mass is 10.1. The lowest BCUT2D eigenvalue weighted by molar-refractivity contribution is -0.384. The third-order valence-corrected chi connectivity index (χ3v) is 6.35. The van der Waals surface area contributed by atoms with Crippen molar-refractivity contribution in [3.63, 3.8) is 0 Å². The van der Waals surface area contributed by atoms with Crippen molar-refractivity contribution in [2.75, 3.05) is 12.0 Å². The molecule has 10 nitrogen and oxygen atoms in total. The van der Waals surface area contributed by atoms with Gasteiger partial charge in [0.25, 0.3) is 17.5 Å². The van der Waals surface area contributed by atoms with Crippen LogP contribution in [-0.4, -0.2) is 29.9 Å². The Kier molecular flexibility index (Phi) is 7.53. The summed E-state index contributed by atoms with van der Waals surface area (Å²) in [5.41, 5.74) is 2.06. The number of hydrogen-bond acceptors (Lipinski definition) is 7. The van der Waals surface area contributed by atoms with Crippen molar-refractivity contribution in [1.29, 1.82) is 0 Å². The number of carbonyl (C=O) groups excluding carboxylic acids is 3. The van der Waals surface area contributed by atoms with Gasteiger partial charge in [-0.25, -0.2) is 9.69 Å². The van der Waals surface area contributed by atoms with Gasteiger partial charge in [-0.3, -0.25) is 25.0 Å². The molecule has 1 aliphatic heterocycles. The molecular formula is C26H20IN3O7. The fourth-order valence-corrected chi connectivity index (χ4v) is 4.47. The maximum absolute atomic E-state index is 13.2. The van der Waals surface area contributed by atoms with Gasteiger partial charge < -0.3 is 9.47 Å². The molecule has 0 saturated carbocycles. The third kappa shape index (κ3) is 5.45. The molecule has 0 bridgehead atoms. The Hall–Kier alpha value is -4.26. The van der Waals surface area contributed by atoms with Gasteiger partial charge >= 0.3 is 6.03 Å². The maximum atomic E-state index is 13.2. The smallest absolute Gasteiger partial charge is 0.335 e. The predicted molar refractivity (Wildman–Crippen MR) is 143 cm³/mol. The van der Waals surface area contributed by atoms with Crippen LogP contribution in [0.1, 0.15) is 16.7 Å². The van der Waals surface area contributed by atoms with E-state index in [-0.39, 0.29) is 17.9 Å². The molecule has 188 valence electrons. The van der Waals surface area contributed by atoms with E-state index in [0.717, 1.165) is 10.5 Å². The fourth-order valence-electron chi connectivity index (χ4n) is 3.69. The zero-order valence-corrected chi connectivity index (χ0v) is 21.8. The summed E-state index contributed by atoms with van der Waals surface area (Å²) in [6.07, 6.45) is 1.39. The number of nitro groups is 1. The molecule has 0 radical (unpaired) electrons. The zero-order chi connectivity index (χ0) is 26.7. The van der Waals surface area contributed by atoms with Crippen LogP contribution in [0.25, 0.3) is 6.08 Å². The van der Waals surface area contributed by atoms with Crippen molar-refractivity contribution in [3.8, 4) is 11.5 Å². The lowest BCUT2D eigenvalue weighted by Crippen LogP contribution is -2.54. The van der Waals surface area contributed by atoms with Crippen molar-refractivity contribution in [3.05, 3.63) is 96.6 Å². The minimum Gasteiger partial charge on any atom is -0.493 e. The summed E-state index contributed by atoms with van der Waals surface area (Å²) in [5, 5.41) is 13.1. The maximum Gasteiger partial charge on any atom is 0.335 e. The topological polar surface area (TPSA) is 128 Å². The number of urea groups is 1. The zero-order valence-electron chi connectivity index (χ0n) is 19.7. The van der Waals surface area contributed by atoms with E-state index in [0.29, 0.717) is 31.9 Å². The fraction of sp³-hybridized carbons (Fsp3) is 0.115. The number of ether oxygens (including phenoxy) is 2. The van der Waals surface area contributed by atoms with Crippen molar-refractivity contribution in [1.82, 2.24) is 5.32 Å². The molecule has 3 aromatic carbocycles. The molecule has 0 unspecified atom stereocenters. The molecule has 1 N–H and O–H groups in total. The third-order valence-electron chi connectivity index (χ3n) is 5.55. The molecule has 1 aliphatic rings. The Labute approximate surface area is 225 Å². The number of hydrogen-bond donors (Lipinski definition) is 1. The molecule has 0 aliphatic carbocycles. The average Bonchev–Trinajstić information content (AvgIpc) is 2.87. The number of methoxy groups -OCH3 is 1. The SMILES string of the molecule is COc1cc(/C=C2\C(=O)NC(=O)N(c3ccccc3C)C2=O)cc(I)c1OCc1ccc([N+](=O)[O-])cc1. The summed E-state index contributed by atoms with van der Waals surface area (Å²) >= 11 is 2.04. The second-order valence-electron chi connectivity index (χ2n) is 7.99. The first-order valence-electron chi connectivity index (χ1n) is 10.9. The van der Waals surface area contributed by atoms with Crippen LogP contribution < -0.4 is 19.7 Å². The number of nitrogens with one attached hydrogen (secondary N) is 1. The van der Waals surface area contributed by atoms with Crippen LogP contribution in [0, 0.1) is 20.6 Å². The molecule has 1 fully saturated rings. The van der Waals surface area contributed by atoms with Crippen molar-refractivity contribution in [2.45, 2.75) is 13.5 Å². The van der Waals surface area contributed by atoms with Crippen LogP contribution >= 0.6 is 22.6 Å². The summed E-state index contributed by atoms with van der Waals surface area (Å²) in [6.45, 7) is 1.90. The Morgan fingerprint density at radius 2 is 1.78 bits per heavy atom. The second-order valence-corrected chi connectivity index (χ2v) is 9.15. The van der Waals surface area contributed by atoms with Gasteiger partial charge in [0.1, 0.15) is 12.2 Å². The number of rotatable bonds is 7. The molecular weight excluding hydrogens is 593 g/mol. The number of benzene rings is 3. The van der Waals surface area contributed by atoms with Crippen molar-refractivity contribution >= 4 is 57.9 Å². The summed E-state index contributed by atoms with van der Waals surface area (Å²) in [6, 6.07) is 15.4. The van der Waals surface area contributed by atoms with Crippen LogP contribution in [0.5, 0.6) is 11.5 Å². The van der Waals surface area contributed by atoms with E-state index in [1.807, 2.05) is 22.6 Å². The first-order chi connectivity index (χ1) is 17.7. The van der Waals surface area contributed by atoms with Crippen LogP contribution in [0.4, 0.5) is 16.2 Å². The number of non-ortho nitro benzene ring substituents is 1. The molecule has 0 spiro atoms. The number of amides is 4. The van der Waals surface area contributed by atoms with Crippen LogP contribution in [-0.2, 0) is 16.2 Å². The largest absolute Gasteiger partial charge is 0.493 e. The van der Waals surface area contributed by atoms with Gasteiger partial charge in [0, 0.05) is 12.1 Å². The number of nitrogens with zero attached hydrogens (tertiary/aromatic N) is 2. The van der Waals surface area contributed by atoms with Gasteiger partial charge in [-0.15, -0.1) is 0 Å². The van der Waals surface area contributed by atoms with Crippen molar-refractivity contribution in [2.24, 2.45) is 0 Å². The summed E-state index contributed by atoms with van der Waals surface area (Å²) in [7, 11) is 1.46. The minimum absolute atomic E-state index is 0.0164. The Bertz CT molecular complexity index is 1450. The van der Waals surface area contributed by atoms with E-state index in [1.54, 1.807) is 55.5 Å². The molecule has 4 amide bonds. The van der Waals surface area contributed by atoms with E-state index < -0.39 is 22.8 Å². The first kappa shape index (κ1) is 25.8. The molecule has 0 aromatic heterocycles. The van der Waals surface area contributed by atoms with Crippen LogP contribution in [0.15, 0.2) is 66.2 Å². The molecule has 37 heavy (non-hydrogen) atoms. The lowest BCUT2D eigenvalue weighted by Gasteiger charge is -2.27. The van der Waals surface area contributed by atoms with Gasteiger partial charge in [-0.1, -0.05) is 18.2 Å². The summed E-state index contributed by atoms with van der Waals surface area (Å²) in [5.74, 6) is -0.751. The van der Waals surface area contributed by atoms with Gasteiger partial charge in [0.05, 0.1) is 21.3 Å². The number of carbonyl (C=O) groups is 3.